The molecule has 146 valence electrons. The van der Waals surface area contributed by atoms with Gasteiger partial charge in [0.1, 0.15) is 0 Å². The van der Waals surface area contributed by atoms with Crippen molar-refractivity contribution in [1.82, 2.24) is 0 Å². The SMILES string of the molecule is CCCCCCCCc1ccc(CCOCCOS(=O)(=O)CC)cc1.[H-].[Na+]. The van der Waals surface area contributed by atoms with Crippen molar-refractivity contribution < 1.29 is 48.3 Å². The second kappa shape index (κ2) is 16.1. The Morgan fingerprint density at radius 1 is 0.808 bits per heavy atom. The summed E-state index contributed by atoms with van der Waals surface area (Å²) in [6, 6.07) is 8.73. The number of rotatable bonds is 15. The van der Waals surface area contributed by atoms with E-state index >= 15 is 0 Å². The molecule has 0 N–H and O–H groups in total. The van der Waals surface area contributed by atoms with Gasteiger partial charge in [-0.3, -0.25) is 4.18 Å². The van der Waals surface area contributed by atoms with Crippen LogP contribution in [0.2, 0.25) is 0 Å². The fourth-order valence-electron chi connectivity index (χ4n) is 2.58. The van der Waals surface area contributed by atoms with E-state index in [2.05, 4.69) is 31.2 Å². The van der Waals surface area contributed by atoms with Crippen LogP contribution in [0.15, 0.2) is 24.3 Å². The molecule has 0 heterocycles. The van der Waals surface area contributed by atoms with E-state index in [0.29, 0.717) is 13.2 Å². The minimum atomic E-state index is -3.36. The van der Waals surface area contributed by atoms with Crippen molar-refractivity contribution in [2.45, 2.75) is 65.2 Å². The maximum absolute atomic E-state index is 11.1. The van der Waals surface area contributed by atoms with Crippen LogP contribution < -0.4 is 29.6 Å². The molecule has 26 heavy (non-hydrogen) atoms. The van der Waals surface area contributed by atoms with E-state index in [9.17, 15) is 8.42 Å². The standard InChI is InChI=1S/C20H34O4S.Na.H/c1-3-5-6-7-8-9-10-19-11-13-20(14-12-19)15-16-23-17-18-24-25(21,22)4-2;;/h11-14H,3-10,15-18H2,1-2H3;;/q;+1;-1. The van der Waals surface area contributed by atoms with E-state index in [1.807, 2.05) is 0 Å². The summed E-state index contributed by atoms with van der Waals surface area (Å²) in [6.45, 7) is 4.78. The van der Waals surface area contributed by atoms with Crippen molar-refractivity contribution in [2.24, 2.45) is 0 Å². The number of aryl methyl sites for hydroxylation is 1. The Morgan fingerprint density at radius 2 is 1.38 bits per heavy atom. The molecule has 4 nitrogen and oxygen atoms in total. The molecule has 0 aromatic heterocycles. The summed E-state index contributed by atoms with van der Waals surface area (Å²) < 4.78 is 32.5. The molecule has 6 heteroatoms. The number of hydrogen-bond donors (Lipinski definition) is 0. The predicted octanol–water partition coefficient (Wildman–Crippen LogP) is 1.63. The quantitative estimate of drug-likeness (QED) is 0.258. The monoisotopic (exact) mass is 394 g/mol. The summed E-state index contributed by atoms with van der Waals surface area (Å²) in [5.74, 6) is -0.00190. The minimum Gasteiger partial charge on any atom is -1.00 e. The van der Waals surface area contributed by atoms with Gasteiger partial charge in [-0.1, -0.05) is 63.3 Å². The molecule has 0 amide bonds. The van der Waals surface area contributed by atoms with Gasteiger partial charge in [0.05, 0.1) is 25.6 Å². The average molecular weight is 395 g/mol. The van der Waals surface area contributed by atoms with Crippen LogP contribution in [0.25, 0.3) is 0 Å². The van der Waals surface area contributed by atoms with E-state index in [0.717, 1.165) is 12.8 Å². The van der Waals surface area contributed by atoms with Crippen molar-refractivity contribution in [2.75, 3.05) is 25.6 Å². The third-order valence-electron chi connectivity index (χ3n) is 4.22. The molecule has 0 radical (unpaired) electrons. The first kappa shape index (κ1) is 26.1. The first-order chi connectivity index (χ1) is 12.1. The summed E-state index contributed by atoms with van der Waals surface area (Å²) in [7, 11) is -3.36. The van der Waals surface area contributed by atoms with Gasteiger partial charge < -0.3 is 6.16 Å². The number of benzene rings is 1. The Balaban J connectivity index is 0. The van der Waals surface area contributed by atoms with Crippen LogP contribution in [-0.2, 0) is 31.9 Å². The zero-order chi connectivity index (χ0) is 18.4. The fraction of sp³-hybridized carbons (Fsp3) is 0.700. The molecule has 1 rings (SSSR count). The normalized spacial score (nSPS) is 11.3. The first-order valence-electron chi connectivity index (χ1n) is 9.60. The molecule has 0 atom stereocenters. The van der Waals surface area contributed by atoms with Crippen molar-refractivity contribution in [3.8, 4) is 0 Å². The fourth-order valence-corrected chi connectivity index (χ4v) is 3.07. The van der Waals surface area contributed by atoms with Gasteiger partial charge in [0.25, 0.3) is 10.1 Å². The van der Waals surface area contributed by atoms with Crippen molar-refractivity contribution in [3.63, 3.8) is 0 Å². The molecule has 0 bridgehead atoms. The van der Waals surface area contributed by atoms with Crippen LogP contribution >= 0.6 is 0 Å². The Bertz CT molecular complexity index is 550. The third-order valence-corrected chi connectivity index (χ3v) is 5.45. The second-order valence-corrected chi connectivity index (χ2v) is 8.29. The molecule has 1 aromatic rings. The molecule has 1 aromatic carbocycles. The summed E-state index contributed by atoms with van der Waals surface area (Å²) in [5.41, 5.74) is 2.65. The molecule has 0 aliphatic heterocycles. The van der Waals surface area contributed by atoms with Gasteiger partial charge in [0.2, 0.25) is 0 Å². The molecular formula is C20H35NaO4S. The van der Waals surface area contributed by atoms with Crippen LogP contribution in [0, 0.1) is 0 Å². The molecule has 0 saturated carbocycles. The van der Waals surface area contributed by atoms with Gasteiger partial charge in [-0.25, -0.2) is 0 Å². The number of ether oxygens (including phenoxy) is 1. The van der Waals surface area contributed by atoms with Crippen molar-refractivity contribution in [1.29, 1.82) is 0 Å². The van der Waals surface area contributed by atoms with Crippen LogP contribution in [0.5, 0.6) is 0 Å². The van der Waals surface area contributed by atoms with Gasteiger partial charge in [-0.15, -0.1) is 0 Å². The van der Waals surface area contributed by atoms with Crippen molar-refractivity contribution in [3.05, 3.63) is 35.4 Å². The molecule has 0 unspecified atom stereocenters. The van der Waals surface area contributed by atoms with E-state index in [1.165, 1.54) is 49.7 Å². The maximum atomic E-state index is 11.1. The van der Waals surface area contributed by atoms with Crippen LogP contribution in [0.3, 0.4) is 0 Å². The van der Waals surface area contributed by atoms with Gasteiger partial charge in [-0.2, -0.15) is 8.42 Å². The Labute approximate surface area is 184 Å². The van der Waals surface area contributed by atoms with Crippen molar-refractivity contribution >= 4 is 10.1 Å². The number of hydrogen-bond acceptors (Lipinski definition) is 4. The van der Waals surface area contributed by atoms with Crippen LogP contribution in [-0.4, -0.2) is 34.0 Å². The summed E-state index contributed by atoms with van der Waals surface area (Å²) >= 11 is 0. The third kappa shape index (κ3) is 13.3. The van der Waals surface area contributed by atoms with Gasteiger partial charge >= 0.3 is 29.6 Å². The van der Waals surface area contributed by atoms with E-state index in [1.54, 1.807) is 6.92 Å². The Kier molecular flexibility index (Phi) is 16.1. The van der Waals surface area contributed by atoms with Crippen LogP contribution in [0.4, 0.5) is 0 Å². The summed E-state index contributed by atoms with van der Waals surface area (Å²) in [5, 5.41) is 0. The minimum absolute atomic E-state index is 0. The zero-order valence-electron chi connectivity index (χ0n) is 17.8. The predicted molar refractivity (Wildman–Crippen MR) is 105 cm³/mol. The summed E-state index contributed by atoms with van der Waals surface area (Å²) in [4.78, 5) is 0. The zero-order valence-corrected chi connectivity index (χ0v) is 19.7. The molecule has 0 aliphatic rings. The molecule has 0 aliphatic carbocycles. The Hall–Kier alpha value is 0.0900. The van der Waals surface area contributed by atoms with E-state index in [4.69, 9.17) is 8.92 Å². The average Bonchev–Trinajstić information content (AvgIpc) is 2.62. The molecular weight excluding hydrogens is 359 g/mol. The Morgan fingerprint density at radius 3 is 2.00 bits per heavy atom. The van der Waals surface area contributed by atoms with Gasteiger partial charge in [0, 0.05) is 0 Å². The molecule has 0 fully saturated rings. The smallest absolute Gasteiger partial charge is 1.00 e. The maximum Gasteiger partial charge on any atom is 1.00 e. The van der Waals surface area contributed by atoms with E-state index in [-0.39, 0.29) is 43.3 Å². The largest absolute Gasteiger partial charge is 1.00 e. The van der Waals surface area contributed by atoms with Crippen LogP contribution in [0.1, 0.15) is 64.9 Å². The van der Waals surface area contributed by atoms with Gasteiger partial charge in [-0.05, 0) is 37.3 Å². The second-order valence-electron chi connectivity index (χ2n) is 6.36. The topological polar surface area (TPSA) is 52.6 Å². The molecule has 0 spiro atoms. The first-order valence-corrected chi connectivity index (χ1v) is 11.2. The van der Waals surface area contributed by atoms with E-state index < -0.39 is 10.1 Å². The molecule has 0 saturated heterocycles. The van der Waals surface area contributed by atoms with Gasteiger partial charge in [0.15, 0.2) is 0 Å². The number of unbranched alkanes of at least 4 members (excludes halogenated alkanes) is 5. The summed E-state index contributed by atoms with van der Waals surface area (Å²) in [6.07, 6.45) is 9.97.